The van der Waals surface area contributed by atoms with Crippen molar-refractivity contribution in [1.82, 2.24) is 0 Å². The van der Waals surface area contributed by atoms with Crippen LogP contribution in [-0.2, 0) is 12.8 Å². The van der Waals surface area contributed by atoms with E-state index in [1.807, 2.05) is 12.1 Å². The fourth-order valence-electron chi connectivity index (χ4n) is 4.90. The van der Waals surface area contributed by atoms with Crippen LogP contribution >= 0.6 is 0 Å². The van der Waals surface area contributed by atoms with E-state index in [4.69, 9.17) is 4.74 Å². The first kappa shape index (κ1) is 30.6. The van der Waals surface area contributed by atoms with Crippen LogP contribution in [-0.4, -0.2) is 5.97 Å². The van der Waals surface area contributed by atoms with Crippen molar-refractivity contribution >= 4 is 5.97 Å². The number of ether oxygens (including phenoxy) is 1. The number of carbonyl (C=O) groups is 1. The number of carbonyl (C=O) groups excluding carboxylic acids is 1. The normalized spacial score (nSPS) is 10.6. The molecule has 3 rings (SSSR count). The molecule has 0 amide bonds. The van der Waals surface area contributed by atoms with Gasteiger partial charge in [0.1, 0.15) is 29.3 Å². The summed E-state index contributed by atoms with van der Waals surface area (Å²) < 4.78 is 20.4. The van der Waals surface area contributed by atoms with Gasteiger partial charge in [-0.15, -0.1) is 0 Å². The molecule has 0 atom stereocenters. The summed E-state index contributed by atoms with van der Waals surface area (Å²) in [5.74, 6) is -0.855. The van der Waals surface area contributed by atoms with E-state index in [1.54, 1.807) is 48.5 Å². The Hall–Kier alpha value is -3.96. The molecule has 0 heterocycles. The number of halogens is 1. The van der Waals surface area contributed by atoms with Gasteiger partial charge in [-0.1, -0.05) is 95.5 Å². The van der Waals surface area contributed by atoms with Gasteiger partial charge < -0.3 is 4.74 Å². The van der Waals surface area contributed by atoms with Gasteiger partial charge in [-0.3, -0.25) is 0 Å². The zero-order valence-electron chi connectivity index (χ0n) is 23.8. The van der Waals surface area contributed by atoms with E-state index in [0.717, 1.165) is 56.1 Å². The number of hydrogen-bond donors (Lipinski definition) is 0. The van der Waals surface area contributed by atoms with Crippen molar-refractivity contribution in [3.8, 4) is 29.0 Å². The van der Waals surface area contributed by atoms with Crippen molar-refractivity contribution in [3.05, 3.63) is 88.2 Å². The quantitative estimate of drug-likeness (QED) is 0.110. The summed E-state index contributed by atoms with van der Waals surface area (Å²) in [5.41, 5.74) is 3.54. The van der Waals surface area contributed by atoms with Gasteiger partial charge in [0.05, 0.1) is 11.1 Å². The number of unbranched alkanes of at least 4 members (excludes halogenated alkanes) is 8. The number of rotatable bonds is 15. The zero-order chi connectivity index (χ0) is 28.7. The first-order chi connectivity index (χ1) is 19.5. The molecule has 0 spiro atoms. The Morgan fingerprint density at radius 2 is 1.38 bits per heavy atom. The number of hydrogen-bond acceptors (Lipinski definition) is 4. The van der Waals surface area contributed by atoms with Gasteiger partial charge in [0.2, 0.25) is 0 Å². The molecule has 208 valence electrons. The smallest absolute Gasteiger partial charge is 0.343 e. The molecule has 0 fully saturated rings. The third-order valence-corrected chi connectivity index (χ3v) is 7.26. The molecule has 0 aliphatic rings. The van der Waals surface area contributed by atoms with Crippen molar-refractivity contribution in [2.24, 2.45) is 0 Å². The zero-order valence-corrected chi connectivity index (χ0v) is 23.8. The second kappa shape index (κ2) is 16.2. The van der Waals surface area contributed by atoms with Crippen LogP contribution in [0.25, 0.3) is 11.1 Å². The maximum atomic E-state index is 14.9. The Labute approximate surface area is 238 Å². The van der Waals surface area contributed by atoms with Crippen LogP contribution < -0.4 is 4.74 Å². The number of nitrogens with zero attached hydrogens (tertiary/aromatic N) is 2. The van der Waals surface area contributed by atoms with Gasteiger partial charge in [-0.2, -0.15) is 10.5 Å². The minimum atomic E-state index is -0.641. The molecular weight excluding hydrogens is 499 g/mol. The van der Waals surface area contributed by atoms with Gasteiger partial charge in [0.15, 0.2) is 0 Å². The lowest BCUT2D eigenvalue weighted by Gasteiger charge is -2.11. The fourth-order valence-corrected chi connectivity index (χ4v) is 4.90. The Kier molecular flexibility index (Phi) is 12.4. The standard InChI is InChI=1S/C35H39FN2O2/c1-3-5-7-9-11-13-26-15-21-30(33(36)23-26)28-16-18-29(19-17-28)35(39)40-34-22-20-27(14-12-10-8-6-4-2)31(24-37)32(34)25-38/h15-23H,3-14H2,1-2H3. The van der Waals surface area contributed by atoms with Gasteiger partial charge in [-0.05, 0) is 66.6 Å². The van der Waals surface area contributed by atoms with Gasteiger partial charge >= 0.3 is 5.97 Å². The number of nitriles is 2. The lowest BCUT2D eigenvalue weighted by Crippen LogP contribution is -2.10. The second-order valence-electron chi connectivity index (χ2n) is 10.3. The van der Waals surface area contributed by atoms with Gasteiger partial charge in [-0.25, -0.2) is 9.18 Å². The highest BCUT2D eigenvalue weighted by Gasteiger charge is 2.18. The maximum Gasteiger partial charge on any atom is 0.343 e. The molecular formula is C35H39FN2O2. The Morgan fingerprint density at radius 1 is 0.750 bits per heavy atom. The summed E-state index contributed by atoms with van der Waals surface area (Å²) in [6.45, 7) is 4.35. The third kappa shape index (κ3) is 8.52. The number of esters is 1. The van der Waals surface area contributed by atoms with Crippen molar-refractivity contribution in [1.29, 1.82) is 10.5 Å². The number of aryl methyl sites for hydroxylation is 2. The van der Waals surface area contributed by atoms with E-state index in [1.165, 1.54) is 25.7 Å². The first-order valence-corrected chi connectivity index (χ1v) is 14.6. The highest BCUT2D eigenvalue weighted by molar-refractivity contribution is 5.92. The molecule has 0 saturated carbocycles. The largest absolute Gasteiger partial charge is 0.421 e. The molecule has 3 aromatic rings. The van der Waals surface area contributed by atoms with Crippen molar-refractivity contribution in [2.45, 2.75) is 90.9 Å². The highest BCUT2D eigenvalue weighted by Crippen LogP contribution is 2.28. The summed E-state index contributed by atoms with van der Waals surface area (Å²) >= 11 is 0. The Balaban J connectivity index is 1.67. The summed E-state index contributed by atoms with van der Waals surface area (Å²) in [5, 5.41) is 19.5. The molecule has 40 heavy (non-hydrogen) atoms. The minimum absolute atomic E-state index is 0.0687. The maximum absolute atomic E-state index is 14.9. The predicted molar refractivity (Wildman–Crippen MR) is 158 cm³/mol. The topological polar surface area (TPSA) is 73.9 Å². The Bertz CT molecular complexity index is 1350. The fraction of sp³-hybridized carbons (Fsp3) is 0.400. The van der Waals surface area contributed by atoms with Crippen LogP contribution in [0.3, 0.4) is 0 Å². The number of benzene rings is 3. The molecule has 0 aromatic heterocycles. The van der Waals surface area contributed by atoms with Crippen LogP contribution in [0.4, 0.5) is 4.39 Å². The van der Waals surface area contributed by atoms with Crippen LogP contribution in [0.15, 0.2) is 54.6 Å². The van der Waals surface area contributed by atoms with Crippen molar-refractivity contribution < 1.29 is 13.9 Å². The summed E-state index contributed by atoms with van der Waals surface area (Å²) in [4.78, 5) is 12.9. The van der Waals surface area contributed by atoms with Crippen LogP contribution in [0, 0.1) is 28.5 Å². The molecule has 0 N–H and O–H groups in total. The molecule has 0 radical (unpaired) electrons. The monoisotopic (exact) mass is 538 g/mol. The van der Waals surface area contributed by atoms with Crippen LogP contribution in [0.2, 0.25) is 0 Å². The Morgan fingerprint density at radius 3 is 1.98 bits per heavy atom. The van der Waals surface area contributed by atoms with Crippen LogP contribution in [0.5, 0.6) is 5.75 Å². The predicted octanol–water partition coefficient (Wildman–Crippen LogP) is 9.48. The van der Waals surface area contributed by atoms with E-state index in [-0.39, 0.29) is 28.3 Å². The van der Waals surface area contributed by atoms with Gasteiger partial charge in [0, 0.05) is 5.56 Å². The highest BCUT2D eigenvalue weighted by atomic mass is 19.1. The molecule has 4 nitrogen and oxygen atoms in total. The molecule has 0 unspecified atom stereocenters. The third-order valence-electron chi connectivity index (χ3n) is 7.26. The molecule has 3 aromatic carbocycles. The summed E-state index contributed by atoms with van der Waals surface area (Å²) in [6.07, 6.45) is 12.9. The SMILES string of the molecule is CCCCCCCc1ccc(-c2ccc(C(=O)Oc3ccc(CCCCCCC)c(C#N)c3C#N)cc2)c(F)c1. The molecule has 5 heteroatoms. The lowest BCUT2D eigenvalue weighted by molar-refractivity contribution is 0.0734. The lowest BCUT2D eigenvalue weighted by atomic mass is 9.97. The first-order valence-electron chi connectivity index (χ1n) is 14.6. The van der Waals surface area contributed by atoms with E-state index >= 15 is 0 Å². The van der Waals surface area contributed by atoms with Crippen LogP contribution in [0.1, 0.15) is 111 Å². The average molecular weight is 539 g/mol. The van der Waals surface area contributed by atoms with Crippen molar-refractivity contribution in [3.63, 3.8) is 0 Å². The molecule has 0 aliphatic heterocycles. The van der Waals surface area contributed by atoms with E-state index < -0.39 is 5.97 Å². The average Bonchev–Trinajstić information content (AvgIpc) is 2.97. The van der Waals surface area contributed by atoms with E-state index in [9.17, 15) is 19.7 Å². The second-order valence-corrected chi connectivity index (χ2v) is 10.3. The minimum Gasteiger partial charge on any atom is -0.421 e. The molecule has 0 bridgehead atoms. The van der Waals surface area contributed by atoms with Gasteiger partial charge in [0.25, 0.3) is 0 Å². The molecule has 0 saturated heterocycles. The molecule has 0 aliphatic carbocycles. The summed E-state index contributed by atoms with van der Waals surface area (Å²) in [6, 6.07) is 19.4. The van der Waals surface area contributed by atoms with E-state index in [0.29, 0.717) is 17.5 Å². The summed E-state index contributed by atoms with van der Waals surface area (Å²) in [7, 11) is 0. The van der Waals surface area contributed by atoms with Crippen molar-refractivity contribution in [2.75, 3.05) is 0 Å². The van der Waals surface area contributed by atoms with E-state index in [2.05, 4.69) is 19.9 Å².